The van der Waals surface area contributed by atoms with Gasteiger partial charge in [-0.3, -0.25) is 0 Å². The number of hydrogen-bond acceptors (Lipinski definition) is 4. The molecule has 1 fully saturated rings. The van der Waals surface area contributed by atoms with E-state index in [0.717, 1.165) is 25.1 Å². The Morgan fingerprint density at radius 2 is 2.25 bits per heavy atom. The van der Waals surface area contributed by atoms with Gasteiger partial charge in [0.05, 0.1) is 11.7 Å². The van der Waals surface area contributed by atoms with Crippen LogP contribution in [-0.4, -0.2) is 34.8 Å². The molecule has 0 aliphatic carbocycles. The third-order valence-corrected chi connectivity index (χ3v) is 3.52. The minimum atomic E-state index is -0.919. The zero-order chi connectivity index (χ0) is 14.7. The number of aromatic carboxylic acids is 1. The molecule has 20 heavy (non-hydrogen) atoms. The maximum absolute atomic E-state index is 11.2. The van der Waals surface area contributed by atoms with Crippen molar-refractivity contribution < 1.29 is 14.6 Å². The molecule has 0 aromatic carbocycles. The predicted octanol–water partition coefficient (Wildman–Crippen LogP) is 2.88. The van der Waals surface area contributed by atoms with Gasteiger partial charge >= 0.3 is 5.97 Å². The zero-order valence-electron chi connectivity index (χ0n) is 12.2. The lowest BCUT2D eigenvalue weighted by atomic mass is 10.0. The van der Waals surface area contributed by atoms with E-state index in [1.807, 2.05) is 13.8 Å². The molecule has 1 aromatic heterocycles. The highest BCUT2D eigenvalue weighted by Crippen LogP contribution is 2.21. The second-order valence-electron chi connectivity index (χ2n) is 5.67. The van der Waals surface area contributed by atoms with Crippen LogP contribution in [0.5, 0.6) is 0 Å². The number of nitrogens with one attached hydrogen (secondary N) is 1. The fraction of sp³-hybridized carbons (Fsp3) is 0.600. The molecule has 110 valence electrons. The summed E-state index contributed by atoms with van der Waals surface area (Å²) in [4.78, 5) is 15.7. The molecule has 1 aromatic rings. The Balaban J connectivity index is 2.19. The highest BCUT2D eigenvalue weighted by molar-refractivity contribution is 5.88. The van der Waals surface area contributed by atoms with E-state index in [9.17, 15) is 9.90 Å². The minimum Gasteiger partial charge on any atom is -0.478 e. The van der Waals surface area contributed by atoms with E-state index in [1.54, 1.807) is 12.1 Å². The second-order valence-corrected chi connectivity index (χ2v) is 5.67. The first kappa shape index (κ1) is 14.8. The van der Waals surface area contributed by atoms with Crippen molar-refractivity contribution in [2.75, 3.05) is 11.9 Å². The maximum Gasteiger partial charge on any atom is 0.335 e. The van der Waals surface area contributed by atoms with Crippen LogP contribution >= 0.6 is 0 Å². The molecule has 5 heteroatoms. The summed E-state index contributed by atoms with van der Waals surface area (Å²) in [5.41, 5.74) is 1.08. The lowest BCUT2D eigenvalue weighted by Crippen LogP contribution is -2.32. The topological polar surface area (TPSA) is 71.5 Å². The summed E-state index contributed by atoms with van der Waals surface area (Å²) < 4.78 is 5.52. The van der Waals surface area contributed by atoms with E-state index in [0.29, 0.717) is 5.82 Å². The highest BCUT2D eigenvalue weighted by atomic mass is 16.5. The molecule has 1 aliphatic heterocycles. The van der Waals surface area contributed by atoms with Crippen molar-refractivity contribution in [2.45, 2.75) is 51.7 Å². The number of pyridine rings is 1. The molecule has 2 N–H and O–H groups in total. The number of carboxylic acids is 1. The number of rotatable bonds is 4. The molecule has 1 aliphatic rings. The smallest absolute Gasteiger partial charge is 0.335 e. The fourth-order valence-electron chi connectivity index (χ4n) is 2.38. The van der Waals surface area contributed by atoms with E-state index >= 15 is 0 Å². The molecule has 2 unspecified atom stereocenters. The van der Waals surface area contributed by atoms with Crippen molar-refractivity contribution in [3.05, 3.63) is 23.4 Å². The van der Waals surface area contributed by atoms with E-state index in [-0.39, 0.29) is 23.6 Å². The number of aromatic nitrogens is 1. The van der Waals surface area contributed by atoms with Crippen molar-refractivity contribution >= 4 is 11.8 Å². The third kappa shape index (κ3) is 3.70. The van der Waals surface area contributed by atoms with Gasteiger partial charge in [0.2, 0.25) is 0 Å². The Morgan fingerprint density at radius 3 is 2.85 bits per heavy atom. The van der Waals surface area contributed by atoms with Gasteiger partial charge in [0, 0.05) is 18.3 Å². The summed E-state index contributed by atoms with van der Waals surface area (Å²) in [5, 5.41) is 12.5. The van der Waals surface area contributed by atoms with Crippen LogP contribution in [-0.2, 0) is 4.74 Å². The van der Waals surface area contributed by atoms with Gasteiger partial charge in [-0.2, -0.15) is 0 Å². The van der Waals surface area contributed by atoms with Crippen LogP contribution in [0, 0.1) is 0 Å². The van der Waals surface area contributed by atoms with Gasteiger partial charge in [0.25, 0.3) is 0 Å². The fourth-order valence-corrected chi connectivity index (χ4v) is 2.38. The summed E-state index contributed by atoms with van der Waals surface area (Å²) in [6.45, 7) is 6.80. The van der Waals surface area contributed by atoms with Crippen LogP contribution in [0.4, 0.5) is 5.82 Å². The Morgan fingerprint density at radius 1 is 1.50 bits per heavy atom. The van der Waals surface area contributed by atoms with Crippen LogP contribution in [0.3, 0.4) is 0 Å². The summed E-state index contributed by atoms with van der Waals surface area (Å²) >= 11 is 0. The summed E-state index contributed by atoms with van der Waals surface area (Å²) in [6.07, 6.45) is 2.06. The maximum atomic E-state index is 11.2. The van der Waals surface area contributed by atoms with Crippen LogP contribution in [0.25, 0.3) is 0 Å². The second kappa shape index (κ2) is 6.22. The molecule has 0 spiro atoms. The van der Waals surface area contributed by atoms with E-state index in [2.05, 4.69) is 17.2 Å². The van der Waals surface area contributed by atoms with Gasteiger partial charge in [0.1, 0.15) is 5.82 Å². The number of hydrogen-bond donors (Lipinski definition) is 2. The molecule has 0 saturated carbocycles. The summed E-state index contributed by atoms with van der Waals surface area (Å²) in [6, 6.07) is 3.54. The largest absolute Gasteiger partial charge is 0.478 e. The van der Waals surface area contributed by atoms with Crippen molar-refractivity contribution in [2.24, 2.45) is 0 Å². The minimum absolute atomic E-state index is 0.198. The van der Waals surface area contributed by atoms with Gasteiger partial charge in [0.15, 0.2) is 0 Å². The SMILES string of the molecule is CC1CC(Nc2cc(C(=O)O)cc(C(C)C)n2)CCO1. The van der Waals surface area contributed by atoms with Crippen molar-refractivity contribution in [1.29, 1.82) is 0 Å². The Kier molecular flexibility index (Phi) is 4.60. The van der Waals surface area contributed by atoms with Gasteiger partial charge < -0.3 is 15.2 Å². The summed E-state index contributed by atoms with van der Waals surface area (Å²) in [5.74, 6) is -0.0751. The Hall–Kier alpha value is -1.62. The molecular formula is C15H22N2O3. The van der Waals surface area contributed by atoms with E-state index in [1.165, 1.54) is 0 Å². The van der Waals surface area contributed by atoms with Gasteiger partial charge in [-0.05, 0) is 37.8 Å². The number of carbonyl (C=O) groups is 1. The number of anilines is 1. The van der Waals surface area contributed by atoms with Crippen molar-refractivity contribution in [1.82, 2.24) is 4.98 Å². The summed E-state index contributed by atoms with van der Waals surface area (Å²) in [7, 11) is 0. The molecule has 2 atom stereocenters. The first-order valence-electron chi connectivity index (χ1n) is 7.09. The molecule has 2 rings (SSSR count). The monoisotopic (exact) mass is 278 g/mol. The molecule has 0 bridgehead atoms. The highest BCUT2D eigenvalue weighted by Gasteiger charge is 2.20. The zero-order valence-corrected chi connectivity index (χ0v) is 12.2. The molecule has 5 nitrogen and oxygen atoms in total. The molecular weight excluding hydrogens is 256 g/mol. The number of carboxylic acid groups (broad SMARTS) is 1. The van der Waals surface area contributed by atoms with Crippen molar-refractivity contribution in [3.63, 3.8) is 0 Å². The average molecular weight is 278 g/mol. The lowest BCUT2D eigenvalue weighted by molar-refractivity contribution is 0.0231. The van der Waals surface area contributed by atoms with Crippen molar-refractivity contribution in [3.8, 4) is 0 Å². The lowest BCUT2D eigenvalue weighted by Gasteiger charge is -2.28. The first-order valence-corrected chi connectivity index (χ1v) is 7.09. The number of nitrogens with zero attached hydrogens (tertiary/aromatic N) is 1. The van der Waals surface area contributed by atoms with E-state index < -0.39 is 5.97 Å². The number of ether oxygens (including phenoxy) is 1. The third-order valence-electron chi connectivity index (χ3n) is 3.52. The Bertz CT molecular complexity index is 488. The standard InChI is InChI=1S/C15H22N2O3/c1-9(2)13-7-11(15(18)19)8-14(17-13)16-12-4-5-20-10(3)6-12/h7-10,12H,4-6H2,1-3H3,(H,16,17)(H,18,19). The van der Waals surface area contributed by atoms with E-state index in [4.69, 9.17) is 4.74 Å². The van der Waals surface area contributed by atoms with Crippen LogP contribution in [0.2, 0.25) is 0 Å². The molecule has 0 amide bonds. The molecule has 2 heterocycles. The van der Waals surface area contributed by atoms with Crippen LogP contribution in [0.15, 0.2) is 12.1 Å². The molecule has 0 radical (unpaired) electrons. The van der Waals surface area contributed by atoms with Crippen LogP contribution < -0.4 is 5.32 Å². The quantitative estimate of drug-likeness (QED) is 0.886. The normalized spacial score (nSPS) is 22.8. The Labute approximate surface area is 119 Å². The predicted molar refractivity (Wildman–Crippen MR) is 77.3 cm³/mol. The first-order chi connectivity index (χ1) is 9.45. The average Bonchev–Trinajstić information content (AvgIpc) is 2.38. The van der Waals surface area contributed by atoms with Crippen LogP contribution in [0.1, 0.15) is 55.6 Å². The van der Waals surface area contributed by atoms with Gasteiger partial charge in [-0.25, -0.2) is 9.78 Å². The van der Waals surface area contributed by atoms with Gasteiger partial charge in [-0.15, -0.1) is 0 Å². The molecule has 1 saturated heterocycles. The van der Waals surface area contributed by atoms with Gasteiger partial charge in [-0.1, -0.05) is 13.8 Å².